The van der Waals surface area contributed by atoms with Crippen molar-refractivity contribution in [2.24, 2.45) is 0 Å². The number of ether oxygens (including phenoxy) is 3. The van der Waals surface area contributed by atoms with Crippen LogP contribution in [0.1, 0.15) is 0 Å². The highest BCUT2D eigenvalue weighted by Crippen LogP contribution is 2.37. The maximum Gasteiger partial charge on any atom is 0.219 e. The SMILES string of the molecule is COc1cc2ncc3c(N)nc(-c4cncc(Oc5ccc(N)cn5)c4)cc3c2cc1OC. The Morgan fingerprint density at radius 2 is 1.58 bits per heavy atom. The summed E-state index contributed by atoms with van der Waals surface area (Å²) in [5.41, 5.74) is 14.7. The summed E-state index contributed by atoms with van der Waals surface area (Å²) in [6.07, 6.45) is 6.53. The second kappa shape index (κ2) is 8.12. The number of pyridine rings is 4. The first-order valence-corrected chi connectivity index (χ1v) is 10.0. The van der Waals surface area contributed by atoms with Crippen molar-refractivity contribution in [2.45, 2.75) is 0 Å². The molecule has 9 heteroatoms. The van der Waals surface area contributed by atoms with E-state index in [-0.39, 0.29) is 0 Å². The third kappa shape index (κ3) is 3.76. The molecule has 0 fully saturated rings. The van der Waals surface area contributed by atoms with Crippen molar-refractivity contribution in [3.63, 3.8) is 0 Å². The molecule has 0 spiro atoms. The zero-order valence-electron chi connectivity index (χ0n) is 17.9. The van der Waals surface area contributed by atoms with Gasteiger partial charge in [0.05, 0.1) is 43.5 Å². The second-order valence-electron chi connectivity index (χ2n) is 7.28. The predicted molar refractivity (Wildman–Crippen MR) is 127 cm³/mol. The fourth-order valence-corrected chi connectivity index (χ4v) is 3.59. The van der Waals surface area contributed by atoms with Crippen LogP contribution < -0.4 is 25.7 Å². The molecule has 0 atom stereocenters. The summed E-state index contributed by atoms with van der Waals surface area (Å²) in [5, 5.41) is 2.49. The Bertz CT molecular complexity index is 1490. The molecule has 0 amide bonds. The third-order valence-corrected chi connectivity index (χ3v) is 5.20. The molecule has 33 heavy (non-hydrogen) atoms. The molecule has 5 aromatic rings. The van der Waals surface area contributed by atoms with Gasteiger partial charge in [-0.1, -0.05) is 0 Å². The van der Waals surface area contributed by atoms with E-state index in [1.807, 2.05) is 24.3 Å². The van der Waals surface area contributed by atoms with Crippen LogP contribution in [0, 0.1) is 0 Å². The van der Waals surface area contributed by atoms with Gasteiger partial charge in [0, 0.05) is 40.9 Å². The van der Waals surface area contributed by atoms with E-state index in [1.54, 1.807) is 44.9 Å². The number of hydrogen-bond donors (Lipinski definition) is 2. The molecule has 0 aliphatic carbocycles. The summed E-state index contributed by atoms with van der Waals surface area (Å²) < 4.78 is 16.7. The minimum atomic E-state index is 0.359. The van der Waals surface area contributed by atoms with E-state index in [4.69, 9.17) is 25.7 Å². The van der Waals surface area contributed by atoms with E-state index in [1.165, 1.54) is 6.20 Å². The van der Waals surface area contributed by atoms with E-state index in [2.05, 4.69) is 19.9 Å². The summed E-state index contributed by atoms with van der Waals surface area (Å²) in [6, 6.07) is 10.9. The number of aromatic nitrogens is 4. The monoisotopic (exact) mass is 440 g/mol. The number of hydrogen-bond acceptors (Lipinski definition) is 9. The normalized spacial score (nSPS) is 11.0. The van der Waals surface area contributed by atoms with Gasteiger partial charge < -0.3 is 25.7 Å². The zero-order valence-corrected chi connectivity index (χ0v) is 17.9. The van der Waals surface area contributed by atoms with E-state index >= 15 is 0 Å². The molecular formula is C24H20N6O3. The van der Waals surface area contributed by atoms with Crippen LogP contribution in [0.4, 0.5) is 11.5 Å². The van der Waals surface area contributed by atoms with Crippen molar-refractivity contribution in [1.82, 2.24) is 19.9 Å². The molecule has 0 saturated carbocycles. The minimum absolute atomic E-state index is 0.359. The molecule has 5 rings (SSSR count). The first-order chi connectivity index (χ1) is 16.1. The molecule has 4 heterocycles. The van der Waals surface area contributed by atoms with Crippen molar-refractivity contribution < 1.29 is 14.2 Å². The Balaban J connectivity index is 1.62. The lowest BCUT2D eigenvalue weighted by molar-refractivity contribution is 0.356. The van der Waals surface area contributed by atoms with E-state index in [0.29, 0.717) is 40.3 Å². The predicted octanol–water partition coefficient (Wildman–Crippen LogP) is 4.21. The number of fused-ring (bicyclic) bond motifs is 3. The maximum atomic E-state index is 6.31. The largest absolute Gasteiger partial charge is 0.493 e. The molecule has 0 aliphatic rings. The minimum Gasteiger partial charge on any atom is -0.493 e. The number of rotatable bonds is 5. The van der Waals surface area contributed by atoms with E-state index in [9.17, 15) is 0 Å². The van der Waals surface area contributed by atoms with Crippen molar-refractivity contribution in [1.29, 1.82) is 0 Å². The van der Waals surface area contributed by atoms with Crippen LogP contribution in [0.2, 0.25) is 0 Å². The Morgan fingerprint density at radius 1 is 0.758 bits per heavy atom. The fourth-order valence-electron chi connectivity index (χ4n) is 3.59. The van der Waals surface area contributed by atoms with Gasteiger partial charge in [0.1, 0.15) is 11.6 Å². The smallest absolute Gasteiger partial charge is 0.219 e. The molecule has 0 aliphatic heterocycles. The Labute approximate surface area is 189 Å². The molecule has 4 N–H and O–H groups in total. The number of methoxy groups -OCH3 is 2. The first kappa shape index (κ1) is 20.3. The van der Waals surface area contributed by atoms with Crippen LogP contribution in [0.25, 0.3) is 32.9 Å². The van der Waals surface area contributed by atoms with Crippen molar-refractivity contribution in [2.75, 3.05) is 25.7 Å². The average Bonchev–Trinajstić information content (AvgIpc) is 2.84. The molecule has 0 bridgehead atoms. The lowest BCUT2D eigenvalue weighted by atomic mass is 10.0. The molecule has 9 nitrogen and oxygen atoms in total. The van der Waals surface area contributed by atoms with Crippen molar-refractivity contribution in [3.05, 3.63) is 61.2 Å². The topological polar surface area (TPSA) is 131 Å². The Morgan fingerprint density at radius 3 is 2.33 bits per heavy atom. The highest BCUT2D eigenvalue weighted by Gasteiger charge is 2.14. The Kier molecular flexibility index (Phi) is 4.98. The molecule has 0 unspecified atom stereocenters. The number of nitrogens with zero attached hydrogens (tertiary/aromatic N) is 4. The quantitative estimate of drug-likeness (QED) is 0.386. The number of nitrogens with two attached hydrogens (primary N) is 2. The van der Waals surface area contributed by atoms with Gasteiger partial charge in [-0.05, 0) is 29.7 Å². The lowest BCUT2D eigenvalue weighted by Gasteiger charge is -2.12. The first-order valence-electron chi connectivity index (χ1n) is 10.0. The standard InChI is InChI=1S/C24H20N6O3/c1-31-21-7-17-16-6-19(30-24(26)18(16)12-28-20(17)8-22(21)32-2)13-5-15(11-27-9-13)33-23-4-3-14(25)10-29-23/h3-12H,25H2,1-2H3,(H2,26,30). The van der Waals surface area contributed by atoms with E-state index < -0.39 is 0 Å². The molecule has 164 valence electrons. The van der Waals surface area contributed by atoms with Gasteiger partial charge in [-0.25, -0.2) is 9.97 Å². The van der Waals surface area contributed by atoms with Crippen LogP contribution in [0.5, 0.6) is 23.1 Å². The highest BCUT2D eigenvalue weighted by atomic mass is 16.5. The van der Waals surface area contributed by atoms with Gasteiger partial charge in [0.25, 0.3) is 0 Å². The van der Waals surface area contributed by atoms with Gasteiger partial charge >= 0.3 is 0 Å². The van der Waals surface area contributed by atoms with Gasteiger partial charge in [-0.2, -0.15) is 0 Å². The summed E-state index contributed by atoms with van der Waals surface area (Å²) in [5.74, 6) is 2.48. The van der Waals surface area contributed by atoms with Crippen molar-refractivity contribution >= 4 is 33.2 Å². The molecule has 1 aromatic carbocycles. The average molecular weight is 440 g/mol. The van der Waals surface area contributed by atoms with E-state index in [0.717, 1.165) is 27.2 Å². The summed E-state index contributed by atoms with van der Waals surface area (Å²) in [4.78, 5) is 17.5. The van der Waals surface area contributed by atoms with Gasteiger partial charge in [-0.15, -0.1) is 0 Å². The summed E-state index contributed by atoms with van der Waals surface area (Å²) in [6.45, 7) is 0. The Hall–Kier alpha value is -4.66. The van der Waals surface area contributed by atoms with Crippen LogP contribution in [-0.2, 0) is 0 Å². The third-order valence-electron chi connectivity index (χ3n) is 5.20. The van der Waals surface area contributed by atoms with Crippen LogP contribution in [0.3, 0.4) is 0 Å². The summed E-state index contributed by atoms with van der Waals surface area (Å²) >= 11 is 0. The molecule has 0 saturated heterocycles. The lowest BCUT2D eigenvalue weighted by Crippen LogP contribution is -1.98. The second-order valence-corrected chi connectivity index (χ2v) is 7.28. The molecular weight excluding hydrogens is 420 g/mol. The van der Waals surface area contributed by atoms with Gasteiger partial charge in [0.15, 0.2) is 11.5 Å². The molecule has 0 radical (unpaired) electrons. The number of nitrogen functional groups attached to an aromatic ring is 2. The number of anilines is 2. The van der Waals surface area contributed by atoms with Crippen LogP contribution in [-0.4, -0.2) is 34.2 Å². The number of benzene rings is 1. The van der Waals surface area contributed by atoms with Crippen molar-refractivity contribution in [3.8, 4) is 34.4 Å². The zero-order chi connectivity index (χ0) is 22.9. The molecule has 4 aromatic heterocycles. The van der Waals surface area contributed by atoms with Crippen LogP contribution in [0.15, 0.2) is 61.2 Å². The van der Waals surface area contributed by atoms with Gasteiger partial charge in [-0.3, -0.25) is 9.97 Å². The van der Waals surface area contributed by atoms with Crippen LogP contribution >= 0.6 is 0 Å². The van der Waals surface area contributed by atoms with Gasteiger partial charge in [0.2, 0.25) is 5.88 Å². The fraction of sp³-hybridized carbons (Fsp3) is 0.0833. The maximum absolute atomic E-state index is 6.31. The summed E-state index contributed by atoms with van der Waals surface area (Å²) in [7, 11) is 3.18. The highest BCUT2D eigenvalue weighted by molar-refractivity contribution is 6.10.